The third kappa shape index (κ3) is 3.96. The minimum absolute atomic E-state index is 0.0570. The van der Waals surface area contributed by atoms with Crippen LogP contribution < -0.4 is 11.1 Å². The summed E-state index contributed by atoms with van der Waals surface area (Å²) in [6, 6.07) is 10.9. The fourth-order valence-electron chi connectivity index (χ4n) is 1.88. The maximum absolute atomic E-state index is 12.0. The molecule has 0 saturated carbocycles. The van der Waals surface area contributed by atoms with Gasteiger partial charge in [0.2, 0.25) is 5.91 Å². The van der Waals surface area contributed by atoms with E-state index in [0.29, 0.717) is 17.3 Å². The van der Waals surface area contributed by atoms with Gasteiger partial charge in [-0.2, -0.15) is 0 Å². The van der Waals surface area contributed by atoms with Gasteiger partial charge in [-0.15, -0.1) is 0 Å². The summed E-state index contributed by atoms with van der Waals surface area (Å²) in [6.45, 7) is 2.01. The fraction of sp³-hybridized carbons (Fsp3) is 0.200. The predicted molar refractivity (Wildman–Crippen MR) is 81.8 cm³/mol. The Morgan fingerprint density at radius 2 is 2.00 bits per heavy atom. The molecule has 5 heteroatoms. The van der Waals surface area contributed by atoms with Crippen LogP contribution in [0.1, 0.15) is 24.8 Å². The molecule has 3 N–H and O–H groups in total. The second kappa shape index (κ2) is 6.39. The van der Waals surface area contributed by atoms with Crippen LogP contribution in [0.4, 0.5) is 11.4 Å². The van der Waals surface area contributed by atoms with Crippen molar-refractivity contribution in [3.05, 3.63) is 53.3 Å². The molecular formula is C15H16ClN3O. The number of hydrogen-bond donors (Lipinski definition) is 2. The van der Waals surface area contributed by atoms with E-state index in [0.717, 1.165) is 11.3 Å². The van der Waals surface area contributed by atoms with Crippen LogP contribution in [0.5, 0.6) is 0 Å². The average Bonchev–Trinajstić information content (AvgIpc) is 2.42. The van der Waals surface area contributed by atoms with E-state index in [1.807, 2.05) is 31.2 Å². The molecule has 0 aliphatic rings. The zero-order valence-electron chi connectivity index (χ0n) is 11.1. The minimum Gasteiger partial charge on any atom is -0.399 e. The molecule has 0 spiro atoms. The van der Waals surface area contributed by atoms with Crippen molar-refractivity contribution in [2.24, 2.45) is 0 Å². The quantitative estimate of drug-likeness (QED) is 0.669. The molecule has 2 aromatic rings. The lowest BCUT2D eigenvalue weighted by molar-refractivity contribution is -0.116. The second-order valence-electron chi connectivity index (χ2n) is 4.69. The summed E-state index contributed by atoms with van der Waals surface area (Å²) < 4.78 is 0. The first-order valence-electron chi connectivity index (χ1n) is 6.31. The van der Waals surface area contributed by atoms with E-state index in [9.17, 15) is 4.79 Å². The topological polar surface area (TPSA) is 68.0 Å². The van der Waals surface area contributed by atoms with Crippen LogP contribution in [-0.4, -0.2) is 10.9 Å². The summed E-state index contributed by atoms with van der Waals surface area (Å²) in [5, 5.41) is 3.20. The summed E-state index contributed by atoms with van der Waals surface area (Å²) in [7, 11) is 0. The number of rotatable bonds is 4. The SMILES string of the molecule is CC(CC(=O)Nc1ccc(Cl)nc1)c1ccc(N)cc1. The number of aromatic nitrogens is 1. The molecule has 1 amide bonds. The number of halogens is 1. The summed E-state index contributed by atoms with van der Waals surface area (Å²) in [6.07, 6.45) is 1.93. The van der Waals surface area contributed by atoms with Gasteiger partial charge in [-0.1, -0.05) is 30.7 Å². The molecule has 0 aliphatic heterocycles. The van der Waals surface area contributed by atoms with Crippen molar-refractivity contribution in [2.75, 3.05) is 11.1 Å². The molecule has 0 bridgehead atoms. The molecule has 1 atom stereocenters. The number of carbonyl (C=O) groups is 1. The number of carbonyl (C=O) groups excluding carboxylic acids is 1. The van der Waals surface area contributed by atoms with E-state index in [2.05, 4.69) is 10.3 Å². The van der Waals surface area contributed by atoms with Crippen LogP contribution in [-0.2, 0) is 4.79 Å². The molecule has 20 heavy (non-hydrogen) atoms. The van der Waals surface area contributed by atoms with Crippen molar-refractivity contribution in [1.29, 1.82) is 0 Å². The molecule has 1 unspecified atom stereocenters. The second-order valence-corrected chi connectivity index (χ2v) is 5.08. The van der Waals surface area contributed by atoms with Crippen LogP contribution in [0, 0.1) is 0 Å². The number of nitrogens with one attached hydrogen (secondary N) is 1. The van der Waals surface area contributed by atoms with E-state index in [1.165, 1.54) is 6.20 Å². The Kier molecular flexibility index (Phi) is 4.58. The highest BCUT2D eigenvalue weighted by atomic mass is 35.5. The first-order chi connectivity index (χ1) is 9.54. The number of nitrogens with two attached hydrogens (primary N) is 1. The van der Waals surface area contributed by atoms with Gasteiger partial charge >= 0.3 is 0 Å². The van der Waals surface area contributed by atoms with Crippen molar-refractivity contribution in [3.63, 3.8) is 0 Å². The highest BCUT2D eigenvalue weighted by molar-refractivity contribution is 6.29. The molecule has 4 nitrogen and oxygen atoms in total. The monoisotopic (exact) mass is 289 g/mol. The van der Waals surface area contributed by atoms with Crippen molar-refractivity contribution in [1.82, 2.24) is 4.98 Å². The van der Waals surface area contributed by atoms with Gasteiger partial charge in [0.15, 0.2) is 0 Å². The number of nitrogens with zero attached hydrogens (tertiary/aromatic N) is 1. The van der Waals surface area contributed by atoms with Crippen LogP contribution in [0.3, 0.4) is 0 Å². The predicted octanol–water partition coefficient (Wildman–Crippen LogP) is 3.45. The van der Waals surface area contributed by atoms with Gasteiger partial charge in [0.1, 0.15) is 5.15 Å². The van der Waals surface area contributed by atoms with Crippen molar-refractivity contribution < 1.29 is 4.79 Å². The number of hydrogen-bond acceptors (Lipinski definition) is 3. The molecule has 2 rings (SSSR count). The van der Waals surface area contributed by atoms with Gasteiger partial charge in [-0.25, -0.2) is 4.98 Å². The van der Waals surface area contributed by atoms with Crippen molar-refractivity contribution >= 4 is 28.9 Å². The van der Waals surface area contributed by atoms with E-state index in [-0.39, 0.29) is 11.8 Å². The highest BCUT2D eigenvalue weighted by Gasteiger charge is 2.11. The van der Waals surface area contributed by atoms with Gasteiger partial charge in [0, 0.05) is 12.1 Å². The van der Waals surface area contributed by atoms with E-state index >= 15 is 0 Å². The third-order valence-corrected chi connectivity index (χ3v) is 3.23. The molecule has 1 aromatic heterocycles. The Labute approximate surface area is 123 Å². The van der Waals surface area contributed by atoms with E-state index < -0.39 is 0 Å². The highest BCUT2D eigenvalue weighted by Crippen LogP contribution is 2.21. The van der Waals surface area contributed by atoms with Crippen LogP contribution in [0.25, 0.3) is 0 Å². The normalized spacial score (nSPS) is 11.9. The Morgan fingerprint density at radius 1 is 1.30 bits per heavy atom. The summed E-state index contributed by atoms with van der Waals surface area (Å²) in [5.74, 6) is 0.0642. The molecule has 0 fully saturated rings. The maximum atomic E-state index is 12.0. The molecule has 104 valence electrons. The lowest BCUT2D eigenvalue weighted by Crippen LogP contribution is -2.14. The van der Waals surface area contributed by atoms with Crippen LogP contribution >= 0.6 is 11.6 Å². The molecular weight excluding hydrogens is 274 g/mol. The molecule has 0 saturated heterocycles. The number of amides is 1. The smallest absolute Gasteiger partial charge is 0.225 e. The Morgan fingerprint density at radius 3 is 2.60 bits per heavy atom. The minimum atomic E-state index is -0.0570. The van der Waals surface area contributed by atoms with Crippen LogP contribution in [0.2, 0.25) is 5.15 Å². The first kappa shape index (κ1) is 14.3. The number of pyridine rings is 1. The standard InChI is InChI=1S/C15H16ClN3O/c1-10(11-2-4-12(17)5-3-11)8-15(20)19-13-6-7-14(16)18-9-13/h2-7,9-10H,8,17H2,1H3,(H,19,20). The van der Waals surface area contributed by atoms with Gasteiger partial charge in [-0.3, -0.25) is 4.79 Å². The van der Waals surface area contributed by atoms with E-state index in [4.69, 9.17) is 17.3 Å². The molecule has 0 radical (unpaired) electrons. The van der Waals surface area contributed by atoms with E-state index in [1.54, 1.807) is 12.1 Å². The Bertz CT molecular complexity index is 581. The van der Waals surface area contributed by atoms with Gasteiger partial charge < -0.3 is 11.1 Å². The average molecular weight is 290 g/mol. The van der Waals surface area contributed by atoms with Crippen molar-refractivity contribution in [3.8, 4) is 0 Å². The van der Waals surface area contributed by atoms with Gasteiger partial charge in [-0.05, 0) is 35.7 Å². The number of anilines is 2. The first-order valence-corrected chi connectivity index (χ1v) is 6.69. The fourth-order valence-corrected chi connectivity index (χ4v) is 1.99. The lowest BCUT2D eigenvalue weighted by atomic mass is 9.97. The molecule has 1 heterocycles. The summed E-state index contributed by atoms with van der Waals surface area (Å²) in [4.78, 5) is 15.9. The molecule has 1 aromatic carbocycles. The largest absolute Gasteiger partial charge is 0.399 e. The third-order valence-electron chi connectivity index (χ3n) is 3.01. The lowest BCUT2D eigenvalue weighted by Gasteiger charge is -2.12. The van der Waals surface area contributed by atoms with Crippen LogP contribution in [0.15, 0.2) is 42.6 Å². The zero-order valence-corrected chi connectivity index (χ0v) is 11.9. The number of benzene rings is 1. The van der Waals surface area contributed by atoms with Gasteiger partial charge in [0.25, 0.3) is 0 Å². The molecule has 0 aliphatic carbocycles. The summed E-state index contributed by atoms with van der Waals surface area (Å²) in [5.41, 5.74) is 8.09. The summed E-state index contributed by atoms with van der Waals surface area (Å²) >= 11 is 5.69. The maximum Gasteiger partial charge on any atom is 0.225 e. The van der Waals surface area contributed by atoms with Crippen molar-refractivity contribution in [2.45, 2.75) is 19.3 Å². The Balaban J connectivity index is 1.93. The zero-order chi connectivity index (χ0) is 14.5. The van der Waals surface area contributed by atoms with Gasteiger partial charge in [0.05, 0.1) is 11.9 Å². The Hall–Kier alpha value is -2.07. The number of nitrogen functional groups attached to an aromatic ring is 1.